The molecule has 23 heavy (non-hydrogen) atoms. The quantitative estimate of drug-likeness (QED) is 0.803. The summed E-state index contributed by atoms with van der Waals surface area (Å²) >= 11 is 0. The zero-order valence-corrected chi connectivity index (χ0v) is 13.2. The predicted molar refractivity (Wildman–Crippen MR) is 84.5 cm³/mol. The number of para-hydroxylation sites is 1. The summed E-state index contributed by atoms with van der Waals surface area (Å²) in [6.07, 6.45) is 0.698. The number of benzene rings is 1. The minimum Gasteiger partial charge on any atom is -0.486 e. The fourth-order valence-electron chi connectivity index (χ4n) is 1.74. The number of furan rings is 1. The molecule has 1 unspecified atom stereocenters. The number of carbonyl (C=O) groups excluding carboxylic acids is 2. The lowest BCUT2D eigenvalue weighted by Crippen LogP contribution is -2.43. The van der Waals surface area contributed by atoms with Gasteiger partial charge >= 0.3 is 5.91 Å². The third kappa shape index (κ3) is 4.88. The van der Waals surface area contributed by atoms with Crippen LogP contribution in [0.25, 0.3) is 0 Å². The van der Waals surface area contributed by atoms with Gasteiger partial charge in [0.1, 0.15) is 18.1 Å². The van der Waals surface area contributed by atoms with Gasteiger partial charge in [-0.25, -0.2) is 0 Å². The lowest BCUT2D eigenvalue weighted by Gasteiger charge is -2.09. The summed E-state index contributed by atoms with van der Waals surface area (Å²) in [7, 11) is 0. The van der Waals surface area contributed by atoms with E-state index in [1.165, 1.54) is 6.07 Å². The Morgan fingerprint density at radius 1 is 1.13 bits per heavy atom. The van der Waals surface area contributed by atoms with Crippen molar-refractivity contribution in [1.82, 2.24) is 10.9 Å². The molecule has 2 amide bonds. The minimum absolute atomic E-state index is 0.112. The van der Waals surface area contributed by atoms with E-state index in [4.69, 9.17) is 9.15 Å². The predicted octanol–water partition coefficient (Wildman–Crippen LogP) is 2.67. The topological polar surface area (TPSA) is 80.6 Å². The summed E-state index contributed by atoms with van der Waals surface area (Å²) < 4.78 is 10.9. The van der Waals surface area contributed by atoms with Crippen LogP contribution in [0.5, 0.6) is 5.75 Å². The fourth-order valence-corrected chi connectivity index (χ4v) is 1.74. The second-order valence-corrected chi connectivity index (χ2v) is 5.12. The number of ether oxygens (including phenoxy) is 1. The molecule has 0 saturated heterocycles. The first-order valence-electron chi connectivity index (χ1n) is 7.47. The number of rotatable bonds is 6. The third-order valence-corrected chi connectivity index (χ3v) is 3.37. The van der Waals surface area contributed by atoms with Gasteiger partial charge in [-0.3, -0.25) is 20.4 Å². The van der Waals surface area contributed by atoms with Gasteiger partial charge < -0.3 is 9.15 Å². The molecule has 2 aromatic rings. The van der Waals surface area contributed by atoms with E-state index in [1.54, 1.807) is 13.0 Å². The molecule has 6 heteroatoms. The van der Waals surface area contributed by atoms with Crippen molar-refractivity contribution in [1.29, 1.82) is 0 Å². The van der Waals surface area contributed by atoms with E-state index in [0.717, 1.165) is 5.75 Å². The molecule has 122 valence electrons. The van der Waals surface area contributed by atoms with Crippen LogP contribution in [0.15, 0.2) is 46.9 Å². The van der Waals surface area contributed by atoms with Crippen molar-refractivity contribution in [2.45, 2.75) is 26.9 Å². The van der Waals surface area contributed by atoms with Crippen LogP contribution >= 0.6 is 0 Å². The molecule has 0 aliphatic heterocycles. The molecule has 0 aliphatic carbocycles. The molecule has 1 heterocycles. The molecule has 0 saturated carbocycles. The Morgan fingerprint density at radius 2 is 1.87 bits per heavy atom. The van der Waals surface area contributed by atoms with Gasteiger partial charge in [-0.2, -0.15) is 0 Å². The van der Waals surface area contributed by atoms with Gasteiger partial charge in [-0.1, -0.05) is 32.0 Å². The maximum atomic E-state index is 11.9. The Labute approximate surface area is 134 Å². The van der Waals surface area contributed by atoms with Crippen molar-refractivity contribution in [3.63, 3.8) is 0 Å². The van der Waals surface area contributed by atoms with Crippen molar-refractivity contribution in [2.75, 3.05) is 0 Å². The van der Waals surface area contributed by atoms with E-state index >= 15 is 0 Å². The van der Waals surface area contributed by atoms with E-state index in [0.29, 0.717) is 12.2 Å². The Morgan fingerprint density at radius 3 is 2.57 bits per heavy atom. The number of nitrogens with one attached hydrogen (secondary N) is 2. The second kappa shape index (κ2) is 8.03. The maximum absolute atomic E-state index is 11.9. The average Bonchev–Trinajstić information content (AvgIpc) is 3.06. The third-order valence-electron chi connectivity index (χ3n) is 3.37. The summed E-state index contributed by atoms with van der Waals surface area (Å²) in [5, 5.41) is 0. The highest BCUT2D eigenvalue weighted by Gasteiger charge is 2.14. The Hall–Kier alpha value is -2.76. The van der Waals surface area contributed by atoms with Gasteiger partial charge in [0, 0.05) is 5.92 Å². The van der Waals surface area contributed by atoms with Crippen LogP contribution in [-0.4, -0.2) is 11.8 Å². The first-order valence-corrected chi connectivity index (χ1v) is 7.47. The molecule has 0 fully saturated rings. The molecule has 1 aromatic heterocycles. The molecule has 1 aromatic carbocycles. The average molecular weight is 316 g/mol. The van der Waals surface area contributed by atoms with Gasteiger partial charge in [0.2, 0.25) is 5.91 Å². The first kappa shape index (κ1) is 16.6. The van der Waals surface area contributed by atoms with Crippen LogP contribution in [0.1, 0.15) is 36.6 Å². The smallest absolute Gasteiger partial charge is 0.305 e. The Bertz CT molecular complexity index is 652. The Kier molecular flexibility index (Phi) is 5.80. The lowest BCUT2D eigenvalue weighted by molar-refractivity contribution is -0.125. The molecular weight excluding hydrogens is 296 g/mol. The van der Waals surface area contributed by atoms with E-state index in [1.807, 2.05) is 37.3 Å². The van der Waals surface area contributed by atoms with Crippen LogP contribution in [-0.2, 0) is 11.4 Å². The SMILES string of the molecule is CCC(C)C(=O)NNC(=O)c1ccc(COc2ccccc2)o1. The first-order chi connectivity index (χ1) is 11.1. The van der Waals surface area contributed by atoms with Gasteiger partial charge in [0.25, 0.3) is 0 Å². The van der Waals surface area contributed by atoms with Crippen LogP contribution < -0.4 is 15.6 Å². The minimum atomic E-state index is -0.507. The highest BCUT2D eigenvalue weighted by atomic mass is 16.5. The highest BCUT2D eigenvalue weighted by molar-refractivity contribution is 5.93. The van der Waals surface area contributed by atoms with Crippen LogP contribution in [0.3, 0.4) is 0 Å². The molecule has 0 radical (unpaired) electrons. The van der Waals surface area contributed by atoms with Gasteiger partial charge in [0.15, 0.2) is 5.76 Å². The summed E-state index contributed by atoms with van der Waals surface area (Å²) in [6, 6.07) is 12.5. The number of hydrogen-bond donors (Lipinski definition) is 2. The Balaban J connectivity index is 1.84. The van der Waals surface area contributed by atoms with Crippen LogP contribution in [0.2, 0.25) is 0 Å². The monoisotopic (exact) mass is 316 g/mol. The van der Waals surface area contributed by atoms with Crippen molar-refractivity contribution in [3.8, 4) is 5.75 Å². The standard InChI is InChI=1S/C17H20N2O4/c1-3-12(2)16(20)18-19-17(21)15-10-9-14(23-15)11-22-13-7-5-4-6-8-13/h4-10,12H,3,11H2,1-2H3,(H,18,20)(H,19,21). The normalized spacial score (nSPS) is 11.6. The molecule has 6 nitrogen and oxygen atoms in total. The zero-order valence-electron chi connectivity index (χ0n) is 13.2. The molecule has 1 atom stereocenters. The summed E-state index contributed by atoms with van der Waals surface area (Å²) in [5.41, 5.74) is 4.70. The summed E-state index contributed by atoms with van der Waals surface area (Å²) in [4.78, 5) is 23.5. The molecule has 2 rings (SSSR count). The van der Waals surface area contributed by atoms with Crippen molar-refractivity contribution in [3.05, 3.63) is 54.0 Å². The van der Waals surface area contributed by atoms with E-state index in [-0.39, 0.29) is 24.2 Å². The largest absolute Gasteiger partial charge is 0.486 e. The van der Waals surface area contributed by atoms with Crippen molar-refractivity contribution >= 4 is 11.8 Å². The van der Waals surface area contributed by atoms with E-state index < -0.39 is 5.91 Å². The van der Waals surface area contributed by atoms with Crippen molar-refractivity contribution < 1.29 is 18.7 Å². The molecule has 2 N–H and O–H groups in total. The molecule has 0 aliphatic rings. The van der Waals surface area contributed by atoms with Crippen LogP contribution in [0.4, 0.5) is 0 Å². The van der Waals surface area contributed by atoms with Gasteiger partial charge in [-0.05, 0) is 30.7 Å². The van der Waals surface area contributed by atoms with E-state index in [9.17, 15) is 9.59 Å². The number of hydrazine groups is 1. The lowest BCUT2D eigenvalue weighted by atomic mass is 10.1. The second-order valence-electron chi connectivity index (χ2n) is 5.12. The molecular formula is C17H20N2O4. The number of carbonyl (C=O) groups is 2. The van der Waals surface area contributed by atoms with Crippen LogP contribution in [0, 0.1) is 5.92 Å². The highest BCUT2D eigenvalue weighted by Crippen LogP contribution is 2.13. The summed E-state index contributed by atoms with van der Waals surface area (Å²) in [5.74, 6) is 0.443. The molecule has 0 bridgehead atoms. The van der Waals surface area contributed by atoms with E-state index in [2.05, 4.69) is 10.9 Å². The van der Waals surface area contributed by atoms with Gasteiger partial charge in [0.05, 0.1) is 0 Å². The number of hydrogen-bond acceptors (Lipinski definition) is 4. The maximum Gasteiger partial charge on any atom is 0.305 e. The zero-order chi connectivity index (χ0) is 16.7. The number of amides is 2. The fraction of sp³-hybridized carbons (Fsp3) is 0.294. The van der Waals surface area contributed by atoms with Gasteiger partial charge in [-0.15, -0.1) is 0 Å². The summed E-state index contributed by atoms with van der Waals surface area (Å²) in [6.45, 7) is 3.90. The van der Waals surface area contributed by atoms with Crippen molar-refractivity contribution in [2.24, 2.45) is 5.92 Å². The molecule has 0 spiro atoms.